The Morgan fingerprint density at radius 1 is 1.19 bits per heavy atom. The molecule has 1 aromatic rings. The molecule has 1 aliphatic rings. The van der Waals surface area contributed by atoms with Crippen molar-refractivity contribution < 1.29 is 24.2 Å². The van der Waals surface area contributed by atoms with E-state index in [2.05, 4.69) is 17.2 Å². The maximum atomic E-state index is 13.9. The minimum absolute atomic E-state index is 0.000390. The van der Waals surface area contributed by atoms with Crippen molar-refractivity contribution in [2.24, 2.45) is 5.92 Å². The van der Waals surface area contributed by atoms with E-state index >= 15 is 0 Å². The highest BCUT2D eigenvalue weighted by molar-refractivity contribution is 5.92. The van der Waals surface area contributed by atoms with Gasteiger partial charge in [-0.3, -0.25) is 9.59 Å². The molecule has 0 aromatic heterocycles. The van der Waals surface area contributed by atoms with Crippen molar-refractivity contribution in [1.82, 2.24) is 15.5 Å². The summed E-state index contributed by atoms with van der Waals surface area (Å²) in [5.74, 6) is -0.640. The lowest BCUT2D eigenvalue weighted by molar-refractivity contribution is -0.142. The number of carbonyl (C=O) groups is 3. The number of nitrogens with one attached hydrogen (secondary N) is 2. The van der Waals surface area contributed by atoms with Gasteiger partial charge in [-0.2, -0.15) is 0 Å². The Kier molecular flexibility index (Phi) is 10.8. The molecule has 3 N–H and O–H groups in total. The van der Waals surface area contributed by atoms with Gasteiger partial charge in [0.2, 0.25) is 11.8 Å². The zero-order valence-electron chi connectivity index (χ0n) is 22.4. The Morgan fingerprint density at radius 3 is 2.42 bits per heavy atom. The molecule has 2 rings (SSSR count). The van der Waals surface area contributed by atoms with Crippen LogP contribution in [0.25, 0.3) is 0 Å². The lowest BCUT2D eigenvalue weighted by atomic mass is 9.94. The number of hydrogen-bond acceptors (Lipinski definition) is 5. The Labute approximate surface area is 215 Å². The molecule has 2 atom stereocenters. The van der Waals surface area contributed by atoms with Gasteiger partial charge in [-0.15, -0.1) is 6.58 Å². The summed E-state index contributed by atoms with van der Waals surface area (Å²) in [6.07, 6.45) is 6.26. The molecule has 0 saturated heterocycles. The summed E-state index contributed by atoms with van der Waals surface area (Å²) in [7, 11) is 0. The molecule has 36 heavy (non-hydrogen) atoms. The summed E-state index contributed by atoms with van der Waals surface area (Å²) < 4.78 is 5.40. The van der Waals surface area contributed by atoms with E-state index < -0.39 is 29.7 Å². The molecule has 1 fully saturated rings. The second-order valence-corrected chi connectivity index (χ2v) is 10.9. The number of alkyl carbamates (subject to hydrolysis) is 1. The quantitative estimate of drug-likeness (QED) is 0.398. The van der Waals surface area contributed by atoms with Crippen LogP contribution in [0.5, 0.6) is 5.75 Å². The van der Waals surface area contributed by atoms with Crippen LogP contribution in [0.4, 0.5) is 4.79 Å². The van der Waals surface area contributed by atoms with Crippen molar-refractivity contribution in [3.8, 4) is 5.75 Å². The van der Waals surface area contributed by atoms with E-state index in [1.54, 1.807) is 39.0 Å². The number of phenols is 1. The molecule has 3 amide bonds. The van der Waals surface area contributed by atoms with Gasteiger partial charge in [-0.25, -0.2) is 4.79 Å². The van der Waals surface area contributed by atoms with Gasteiger partial charge in [-0.1, -0.05) is 51.3 Å². The molecular formula is C28H43N3O5. The summed E-state index contributed by atoms with van der Waals surface area (Å²) in [6, 6.07) is 4.51. The number of aromatic hydroxyl groups is 1. The van der Waals surface area contributed by atoms with E-state index in [4.69, 9.17) is 4.74 Å². The zero-order chi connectivity index (χ0) is 26.9. The molecule has 0 radical (unpaired) electrons. The van der Waals surface area contributed by atoms with E-state index in [1.807, 2.05) is 13.8 Å². The molecule has 8 nitrogen and oxygen atoms in total. The van der Waals surface area contributed by atoms with Crippen LogP contribution in [0, 0.1) is 5.92 Å². The summed E-state index contributed by atoms with van der Waals surface area (Å²) in [5, 5.41) is 16.0. The smallest absolute Gasteiger partial charge is 0.408 e. The molecule has 0 spiro atoms. The average Bonchev–Trinajstić information content (AvgIpc) is 2.77. The summed E-state index contributed by atoms with van der Waals surface area (Å²) >= 11 is 0. The number of phenolic OH excluding ortho intramolecular Hbond substituents is 1. The number of ether oxygens (including phenoxy) is 1. The van der Waals surface area contributed by atoms with Gasteiger partial charge in [-0.05, 0) is 63.6 Å². The normalized spacial score (nSPS) is 16.1. The van der Waals surface area contributed by atoms with Crippen molar-refractivity contribution in [2.45, 2.75) is 96.9 Å². The molecule has 1 aliphatic carbocycles. The Bertz CT molecular complexity index is 903. The Morgan fingerprint density at radius 2 is 1.86 bits per heavy atom. The van der Waals surface area contributed by atoms with Gasteiger partial charge in [0.1, 0.15) is 23.4 Å². The summed E-state index contributed by atoms with van der Waals surface area (Å²) in [4.78, 5) is 41.6. The predicted octanol–water partition coefficient (Wildman–Crippen LogP) is 4.84. The van der Waals surface area contributed by atoms with Crippen molar-refractivity contribution in [3.63, 3.8) is 0 Å². The van der Waals surface area contributed by atoms with E-state index in [9.17, 15) is 19.5 Å². The molecule has 0 heterocycles. The highest BCUT2D eigenvalue weighted by atomic mass is 16.6. The second kappa shape index (κ2) is 13.3. The first-order valence-electron chi connectivity index (χ1n) is 12.9. The molecule has 0 bridgehead atoms. The lowest BCUT2D eigenvalue weighted by Crippen LogP contribution is -2.54. The largest absolute Gasteiger partial charge is 0.508 e. The first-order valence-corrected chi connectivity index (χ1v) is 12.9. The van der Waals surface area contributed by atoms with Crippen LogP contribution in [0.3, 0.4) is 0 Å². The minimum Gasteiger partial charge on any atom is -0.508 e. The van der Waals surface area contributed by atoms with Crippen molar-refractivity contribution >= 4 is 17.9 Å². The van der Waals surface area contributed by atoms with Gasteiger partial charge in [0.25, 0.3) is 0 Å². The maximum Gasteiger partial charge on any atom is 0.408 e. The number of carbonyl (C=O) groups excluding carboxylic acids is 3. The predicted molar refractivity (Wildman–Crippen MR) is 140 cm³/mol. The molecule has 2 unspecified atom stereocenters. The first kappa shape index (κ1) is 29.2. The van der Waals surface area contributed by atoms with Crippen LogP contribution < -0.4 is 10.6 Å². The molecule has 0 aliphatic heterocycles. The van der Waals surface area contributed by atoms with Gasteiger partial charge in [0, 0.05) is 12.6 Å². The number of nitrogens with zero attached hydrogens (tertiary/aromatic N) is 1. The van der Waals surface area contributed by atoms with Gasteiger partial charge < -0.3 is 25.4 Å². The third kappa shape index (κ3) is 9.21. The highest BCUT2D eigenvalue weighted by Crippen LogP contribution is 2.27. The van der Waals surface area contributed by atoms with Crippen molar-refractivity contribution in [1.29, 1.82) is 0 Å². The Hall–Kier alpha value is -3.03. The van der Waals surface area contributed by atoms with Crippen LogP contribution >= 0.6 is 0 Å². The van der Waals surface area contributed by atoms with Crippen molar-refractivity contribution in [3.05, 3.63) is 42.5 Å². The zero-order valence-corrected chi connectivity index (χ0v) is 22.4. The Balaban J connectivity index is 2.42. The average molecular weight is 502 g/mol. The number of rotatable bonds is 10. The van der Waals surface area contributed by atoms with Crippen LogP contribution in [-0.4, -0.2) is 52.1 Å². The second-order valence-electron chi connectivity index (χ2n) is 10.9. The third-order valence-electron chi connectivity index (χ3n) is 6.00. The number of hydrogen-bond donors (Lipinski definition) is 3. The summed E-state index contributed by atoms with van der Waals surface area (Å²) in [6.45, 7) is 13.1. The number of benzene rings is 1. The molecule has 1 aromatic carbocycles. The number of amides is 3. The molecule has 1 saturated carbocycles. The van der Waals surface area contributed by atoms with Gasteiger partial charge in [0.05, 0.1) is 0 Å². The minimum atomic E-state index is -1.00. The van der Waals surface area contributed by atoms with E-state index in [0.29, 0.717) is 12.0 Å². The molecule has 200 valence electrons. The molecular weight excluding hydrogens is 458 g/mol. The summed E-state index contributed by atoms with van der Waals surface area (Å²) in [5.41, 5.74) is -0.237. The highest BCUT2D eigenvalue weighted by Gasteiger charge is 2.37. The SMILES string of the molecule is C=CCN(C(=O)C(CC(C)C)NC(=O)OC(C)(C)C)C(C(=O)NC1CCCCC1)c1cccc(O)c1. The standard InChI is InChI=1S/C28H43N3O5/c1-7-16-31(26(34)23(17-19(2)3)30-27(35)36-28(4,5)6)24(20-12-11-15-22(32)18-20)25(33)29-21-13-9-8-10-14-21/h7,11-12,15,18-19,21,23-24,32H,1,8-10,13-14,16-17H2,2-6H3,(H,29,33)(H,30,35). The van der Waals surface area contributed by atoms with Crippen molar-refractivity contribution in [2.75, 3.05) is 6.54 Å². The maximum absolute atomic E-state index is 13.9. The lowest BCUT2D eigenvalue weighted by Gasteiger charge is -2.35. The van der Waals surface area contributed by atoms with E-state index in [1.165, 1.54) is 17.0 Å². The van der Waals surface area contributed by atoms with Gasteiger partial charge in [0.15, 0.2) is 0 Å². The van der Waals surface area contributed by atoms with E-state index in [-0.39, 0.29) is 30.2 Å². The topological polar surface area (TPSA) is 108 Å². The third-order valence-corrected chi connectivity index (χ3v) is 6.00. The van der Waals surface area contributed by atoms with Crippen LogP contribution in [-0.2, 0) is 14.3 Å². The monoisotopic (exact) mass is 501 g/mol. The first-order chi connectivity index (χ1) is 16.9. The molecule has 8 heteroatoms. The fourth-order valence-electron chi connectivity index (χ4n) is 4.50. The van der Waals surface area contributed by atoms with E-state index in [0.717, 1.165) is 32.1 Å². The fourth-order valence-corrected chi connectivity index (χ4v) is 4.50. The van der Waals surface area contributed by atoms with Crippen LogP contribution in [0.1, 0.15) is 84.7 Å². The van der Waals surface area contributed by atoms with Crippen LogP contribution in [0.2, 0.25) is 0 Å². The van der Waals surface area contributed by atoms with Gasteiger partial charge >= 0.3 is 6.09 Å². The fraction of sp³-hybridized carbons (Fsp3) is 0.607. The van der Waals surface area contributed by atoms with Crippen LogP contribution in [0.15, 0.2) is 36.9 Å².